The summed E-state index contributed by atoms with van der Waals surface area (Å²) in [6.07, 6.45) is 1.88. The van der Waals surface area contributed by atoms with E-state index in [1.54, 1.807) is 6.08 Å². The number of nitrogens with zero attached hydrogens (tertiary/aromatic N) is 1. The number of rotatable bonds is 5. The molecule has 0 saturated carbocycles. The molecule has 2 N–H and O–H groups in total. The van der Waals surface area contributed by atoms with E-state index in [-0.39, 0.29) is 24.1 Å². The first-order chi connectivity index (χ1) is 13.5. The molecule has 0 radical (unpaired) electrons. The third kappa shape index (κ3) is 5.47. The summed E-state index contributed by atoms with van der Waals surface area (Å²) in [5, 5.41) is 6.74. The number of methoxy groups -OCH3 is 1. The largest absolute Gasteiger partial charge is 0.469 e. The van der Waals surface area contributed by atoms with E-state index in [1.807, 2.05) is 55.5 Å². The third-order valence-corrected chi connectivity index (χ3v) is 4.89. The number of hydrogen-bond donors (Lipinski definition) is 2. The zero-order chi connectivity index (χ0) is 19.9. The van der Waals surface area contributed by atoms with E-state index in [2.05, 4.69) is 15.6 Å². The normalized spacial score (nSPS) is 12.6. The van der Waals surface area contributed by atoms with Crippen molar-refractivity contribution in [3.63, 3.8) is 0 Å². The maximum Gasteiger partial charge on any atom is 0.311 e. The molecule has 2 aromatic rings. The average Bonchev–Trinajstić information content (AvgIpc) is 2.86. The van der Waals surface area contributed by atoms with Crippen molar-refractivity contribution in [2.24, 2.45) is 4.99 Å². The highest BCUT2D eigenvalue weighted by molar-refractivity contribution is 8.14. The first-order valence-corrected chi connectivity index (χ1v) is 9.73. The zero-order valence-corrected chi connectivity index (χ0v) is 16.5. The zero-order valence-electron chi connectivity index (χ0n) is 15.7. The van der Waals surface area contributed by atoms with Crippen LogP contribution in [0, 0.1) is 6.92 Å². The van der Waals surface area contributed by atoms with Gasteiger partial charge in [-0.05, 0) is 37.3 Å². The quantitative estimate of drug-likeness (QED) is 0.739. The third-order valence-electron chi connectivity index (χ3n) is 3.98. The van der Waals surface area contributed by atoms with Crippen molar-refractivity contribution in [1.82, 2.24) is 0 Å². The van der Waals surface area contributed by atoms with Gasteiger partial charge >= 0.3 is 5.97 Å². The fourth-order valence-corrected chi connectivity index (χ4v) is 3.30. The molecule has 0 atom stereocenters. The van der Waals surface area contributed by atoms with Gasteiger partial charge in [0.1, 0.15) is 0 Å². The predicted octanol–water partition coefficient (Wildman–Crippen LogP) is 4.27. The summed E-state index contributed by atoms with van der Waals surface area (Å²) in [4.78, 5) is 28.6. The first kappa shape index (κ1) is 19.7. The molecule has 6 nitrogen and oxygen atoms in total. The second kappa shape index (κ2) is 9.23. The van der Waals surface area contributed by atoms with Crippen LogP contribution in [-0.2, 0) is 14.3 Å². The minimum atomic E-state index is -0.348. The summed E-state index contributed by atoms with van der Waals surface area (Å²) in [5.41, 5.74) is 4.11. The van der Waals surface area contributed by atoms with Crippen LogP contribution in [0.4, 0.5) is 17.1 Å². The summed E-state index contributed by atoms with van der Waals surface area (Å²) < 4.78 is 4.76. The topological polar surface area (TPSA) is 79.8 Å². The fourth-order valence-electron chi connectivity index (χ4n) is 2.56. The molecule has 1 amide bonds. The van der Waals surface area contributed by atoms with E-state index in [4.69, 9.17) is 4.74 Å². The first-order valence-electron chi connectivity index (χ1n) is 8.75. The molecule has 1 aliphatic heterocycles. The number of aryl methyl sites for hydroxylation is 1. The molecular formula is C21H21N3O3S. The van der Waals surface area contributed by atoms with Crippen molar-refractivity contribution in [3.05, 3.63) is 65.9 Å². The molecule has 0 spiro atoms. The highest BCUT2D eigenvalue weighted by Gasteiger charge is 2.15. The minimum Gasteiger partial charge on any atom is -0.469 e. The summed E-state index contributed by atoms with van der Waals surface area (Å²) in [7, 11) is 1.35. The number of amides is 1. The van der Waals surface area contributed by atoms with Crippen molar-refractivity contribution >= 4 is 45.7 Å². The smallest absolute Gasteiger partial charge is 0.311 e. The molecule has 7 heteroatoms. The molecule has 0 saturated heterocycles. The lowest BCUT2D eigenvalue weighted by molar-refractivity contribution is -0.139. The van der Waals surface area contributed by atoms with Crippen molar-refractivity contribution in [2.45, 2.75) is 13.3 Å². The van der Waals surface area contributed by atoms with Gasteiger partial charge in [0.25, 0.3) is 0 Å². The number of hydrogen-bond acceptors (Lipinski definition) is 6. The molecule has 144 valence electrons. The summed E-state index contributed by atoms with van der Waals surface area (Å²) in [6, 6.07) is 15.2. The van der Waals surface area contributed by atoms with Crippen molar-refractivity contribution in [1.29, 1.82) is 0 Å². The number of esters is 1. The van der Waals surface area contributed by atoms with Crippen LogP contribution in [0.25, 0.3) is 0 Å². The van der Waals surface area contributed by atoms with Crippen LogP contribution in [-0.4, -0.2) is 29.8 Å². The van der Waals surface area contributed by atoms with Gasteiger partial charge in [0.05, 0.1) is 35.7 Å². The number of anilines is 2. The van der Waals surface area contributed by atoms with Gasteiger partial charge in [-0.25, -0.2) is 4.99 Å². The minimum absolute atomic E-state index is 0.0972. The molecule has 1 heterocycles. The Hall–Kier alpha value is -3.06. The number of aliphatic imine (C=N–C) groups is 1. The Balaban J connectivity index is 1.71. The SMILES string of the molecule is COC(=O)CC1=CC(SCC(=O)Nc2ccc(C)cc2)=Nc2ccccc2N1. The molecule has 0 aliphatic carbocycles. The molecule has 1 aliphatic rings. The molecule has 2 aromatic carbocycles. The summed E-state index contributed by atoms with van der Waals surface area (Å²) in [5.74, 6) is -0.263. The molecule has 0 unspecified atom stereocenters. The fraction of sp³-hybridized carbons (Fsp3) is 0.190. The van der Waals surface area contributed by atoms with Crippen LogP contribution < -0.4 is 10.6 Å². The number of thioether (sulfide) groups is 1. The van der Waals surface area contributed by atoms with E-state index in [0.29, 0.717) is 10.7 Å². The van der Waals surface area contributed by atoms with Gasteiger partial charge in [-0.15, -0.1) is 0 Å². The predicted molar refractivity (Wildman–Crippen MR) is 114 cm³/mol. The molecule has 0 aromatic heterocycles. The van der Waals surface area contributed by atoms with Gasteiger partial charge in [-0.1, -0.05) is 41.6 Å². The number of carbonyl (C=O) groups is 2. The Morgan fingerprint density at radius 2 is 1.89 bits per heavy atom. The lowest BCUT2D eigenvalue weighted by Crippen LogP contribution is -2.15. The maximum atomic E-state index is 12.3. The summed E-state index contributed by atoms with van der Waals surface area (Å²) >= 11 is 1.31. The molecule has 0 bridgehead atoms. The van der Waals surface area contributed by atoms with Crippen molar-refractivity contribution in [3.8, 4) is 0 Å². The Labute approximate surface area is 168 Å². The number of carbonyl (C=O) groups excluding carboxylic acids is 2. The second-order valence-electron chi connectivity index (χ2n) is 6.22. The van der Waals surface area contributed by atoms with Crippen LogP contribution in [0.2, 0.25) is 0 Å². The van der Waals surface area contributed by atoms with E-state index in [9.17, 15) is 9.59 Å². The highest BCUT2D eigenvalue weighted by Crippen LogP contribution is 2.31. The molecule has 3 rings (SSSR count). The van der Waals surface area contributed by atoms with Gasteiger partial charge in [-0.2, -0.15) is 0 Å². The van der Waals surface area contributed by atoms with Crippen molar-refractivity contribution in [2.75, 3.05) is 23.5 Å². The van der Waals surface area contributed by atoms with Crippen molar-refractivity contribution < 1.29 is 14.3 Å². The van der Waals surface area contributed by atoms with E-state index in [0.717, 1.165) is 22.6 Å². The number of nitrogens with one attached hydrogen (secondary N) is 2. The van der Waals surface area contributed by atoms with Gasteiger partial charge in [0.2, 0.25) is 5.91 Å². The number of para-hydroxylation sites is 2. The number of fused-ring (bicyclic) bond motifs is 1. The second-order valence-corrected chi connectivity index (χ2v) is 7.21. The maximum absolute atomic E-state index is 12.3. The Morgan fingerprint density at radius 1 is 1.14 bits per heavy atom. The van der Waals surface area contributed by atoms with Gasteiger partial charge in [0.15, 0.2) is 0 Å². The number of ether oxygens (including phenoxy) is 1. The Kier molecular flexibility index (Phi) is 6.49. The van der Waals surface area contributed by atoms with Crippen LogP contribution in [0.15, 0.2) is 65.3 Å². The monoisotopic (exact) mass is 395 g/mol. The summed E-state index contributed by atoms with van der Waals surface area (Å²) in [6.45, 7) is 2.00. The highest BCUT2D eigenvalue weighted by atomic mass is 32.2. The van der Waals surface area contributed by atoms with E-state index >= 15 is 0 Å². The number of benzene rings is 2. The average molecular weight is 395 g/mol. The standard InChI is InChI=1S/C21H21N3O3S/c1-14-7-9-15(10-8-14)23-19(25)13-28-20-11-16(12-21(26)27-2)22-17-5-3-4-6-18(17)24-20/h3-11,22H,12-13H2,1-2H3,(H,23,25). The van der Waals surface area contributed by atoms with E-state index < -0.39 is 0 Å². The van der Waals surface area contributed by atoms with Crippen LogP contribution in [0.1, 0.15) is 12.0 Å². The van der Waals surface area contributed by atoms with Crippen LogP contribution in [0.5, 0.6) is 0 Å². The Morgan fingerprint density at radius 3 is 2.64 bits per heavy atom. The van der Waals surface area contributed by atoms with Gasteiger partial charge in [0, 0.05) is 11.4 Å². The Bertz CT molecular complexity index is 936. The molecule has 28 heavy (non-hydrogen) atoms. The molecule has 0 fully saturated rings. The lowest BCUT2D eigenvalue weighted by atomic mass is 10.2. The van der Waals surface area contributed by atoms with Crippen LogP contribution in [0.3, 0.4) is 0 Å². The molecular weight excluding hydrogens is 374 g/mol. The van der Waals surface area contributed by atoms with Gasteiger partial charge < -0.3 is 15.4 Å². The van der Waals surface area contributed by atoms with E-state index in [1.165, 1.54) is 18.9 Å². The lowest BCUT2D eigenvalue weighted by Gasteiger charge is -2.09. The van der Waals surface area contributed by atoms with Crippen LogP contribution >= 0.6 is 11.8 Å². The van der Waals surface area contributed by atoms with Gasteiger partial charge in [-0.3, -0.25) is 9.59 Å².